The summed E-state index contributed by atoms with van der Waals surface area (Å²) in [6.45, 7) is 7.03. The van der Waals surface area contributed by atoms with Gasteiger partial charge in [0, 0.05) is 22.4 Å². The Labute approximate surface area is 89.6 Å². The fourth-order valence-corrected chi connectivity index (χ4v) is 1.39. The van der Waals surface area contributed by atoms with Crippen LogP contribution < -0.4 is 11.5 Å². The second kappa shape index (κ2) is 6.56. The quantitative estimate of drug-likeness (QED) is 0.520. The van der Waals surface area contributed by atoms with Gasteiger partial charge in [0.05, 0.1) is 0 Å². The monoisotopic (exact) mass is 213 g/mol. The van der Waals surface area contributed by atoms with Gasteiger partial charge in [-0.25, -0.2) is 0 Å². The molecule has 0 fully saturated rings. The van der Waals surface area contributed by atoms with Crippen LogP contribution in [0.5, 0.6) is 0 Å². The van der Waals surface area contributed by atoms with Gasteiger partial charge in [0.25, 0.3) is 0 Å². The lowest BCUT2D eigenvalue weighted by Gasteiger charge is -1.87. The molecular weight excluding hydrogens is 194 g/mol. The van der Waals surface area contributed by atoms with Crippen LogP contribution in [0.2, 0.25) is 0 Å². The fraction of sp³-hybridized carbons (Fsp3) is 0.500. The zero-order valence-corrected chi connectivity index (χ0v) is 9.82. The van der Waals surface area contributed by atoms with Crippen molar-refractivity contribution in [1.82, 2.24) is 0 Å². The highest BCUT2D eigenvalue weighted by Gasteiger charge is 1.98. The van der Waals surface area contributed by atoms with Gasteiger partial charge in [0.1, 0.15) is 5.84 Å². The Balaban J connectivity index is 0.000000364. The second-order valence-electron chi connectivity index (χ2n) is 3.65. The first-order valence-corrected chi connectivity index (χ1v) is 5.47. The van der Waals surface area contributed by atoms with Crippen LogP contribution in [0.3, 0.4) is 0 Å². The maximum Gasteiger partial charge on any atom is 0.123 e. The summed E-state index contributed by atoms with van der Waals surface area (Å²) in [7, 11) is 0. The molecule has 5 N–H and O–H groups in total. The molecule has 0 amide bonds. The van der Waals surface area contributed by atoms with Crippen molar-refractivity contribution in [2.75, 3.05) is 0 Å². The molecule has 1 rings (SSSR count). The van der Waals surface area contributed by atoms with Gasteiger partial charge in [0.15, 0.2) is 0 Å². The van der Waals surface area contributed by atoms with Gasteiger partial charge in [0.2, 0.25) is 0 Å². The van der Waals surface area contributed by atoms with Crippen molar-refractivity contribution in [2.24, 2.45) is 17.4 Å². The lowest BCUT2D eigenvalue weighted by molar-refractivity contribution is 0.737. The molecule has 4 heteroatoms. The number of nitrogen functional groups attached to an aromatic ring is 1. The molecule has 0 aliphatic heterocycles. The van der Waals surface area contributed by atoms with Gasteiger partial charge in [-0.15, -0.1) is 11.3 Å². The first-order chi connectivity index (χ1) is 6.47. The number of hydrogen-bond donors (Lipinski definition) is 3. The molecule has 80 valence electrons. The van der Waals surface area contributed by atoms with Gasteiger partial charge in [-0.05, 0) is 12.0 Å². The second-order valence-corrected chi connectivity index (χ2v) is 4.65. The van der Waals surface area contributed by atoms with E-state index in [1.54, 1.807) is 0 Å². The molecule has 3 nitrogen and oxygen atoms in total. The molecule has 0 atom stereocenters. The highest BCUT2D eigenvalue weighted by molar-refractivity contribution is 7.10. The van der Waals surface area contributed by atoms with Crippen molar-refractivity contribution < 1.29 is 0 Å². The minimum atomic E-state index is 0.107. The van der Waals surface area contributed by atoms with E-state index in [4.69, 9.17) is 16.9 Å². The van der Waals surface area contributed by atoms with Crippen molar-refractivity contribution in [1.29, 1.82) is 5.41 Å². The van der Waals surface area contributed by atoms with Crippen LogP contribution in [0, 0.1) is 11.3 Å². The van der Waals surface area contributed by atoms with Gasteiger partial charge in [-0.3, -0.25) is 5.41 Å². The highest BCUT2D eigenvalue weighted by atomic mass is 32.1. The summed E-state index contributed by atoms with van der Waals surface area (Å²) in [4.78, 5) is 1.06. The molecule has 1 heterocycles. The van der Waals surface area contributed by atoms with Gasteiger partial charge in [-0.1, -0.05) is 20.8 Å². The van der Waals surface area contributed by atoms with Crippen molar-refractivity contribution in [2.45, 2.75) is 27.3 Å². The predicted octanol–water partition coefficient (Wildman–Crippen LogP) is 2.15. The molecule has 14 heavy (non-hydrogen) atoms. The Morgan fingerprint density at radius 1 is 1.50 bits per heavy atom. The summed E-state index contributed by atoms with van der Waals surface area (Å²) >= 11 is 1.53. The summed E-state index contributed by atoms with van der Waals surface area (Å²) in [6.07, 6.45) is 0. The Morgan fingerprint density at radius 2 is 2.00 bits per heavy atom. The number of rotatable bonds is 2. The lowest BCUT2D eigenvalue weighted by Crippen LogP contribution is -2.09. The molecule has 0 unspecified atom stereocenters. The van der Waals surface area contributed by atoms with E-state index in [0.29, 0.717) is 6.54 Å². The van der Waals surface area contributed by atoms with E-state index in [-0.39, 0.29) is 5.84 Å². The van der Waals surface area contributed by atoms with Gasteiger partial charge < -0.3 is 11.5 Å². The average Bonchev–Trinajstić information content (AvgIpc) is 2.50. The van der Waals surface area contributed by atoms with E-state index < -0.39 is 0 Å². The Kier molecular flexibility index (Phi) is 6.16. The number of hydrogen-bond acceptors (Lipinski definition) is 3. The summed E-state index contributed by atoms with van der Waals surface area (Å²) in [5.74, 6) is 0.941. The molecule has 0 spiro atoms. The van der Waals surface area contributed by atoms with Crippen LogP contribution in [0.4, 0.5) is 0 Å². The first-order valence-electron chi connectivity index (χ1n) is 4.59. The molecule has 0 radical (unpaired) electrons. The van der Waals surface area contributed by atoms with Crippen LogP contribution in [-0.4, -0.2) is 5.84 Å². The van der Waals surface area contributed by atoms with Crippen molar-refractivity contribution in [3.63, 3.8) is 0 Å². The maximum absolute atomic E-state index is 7.07. The molecule has 0 bridgehead atoms. The summed E-state index contributed by atoms with van der Waals surface area (Å²) in [6, 6.07) is 1.84. The predicted molar refractivity (Wildman–Crippen MR) is 63.7 cm³/mol. The van der Waals surface area contributed by atoms with Crippen molar-refractivity contribution in [3.05, 3.63) is 21.9 Å². The molecule has 0 saturated heterocycles. The smallest absolute Gasteiger partial charge is 0.123 e. The van der Waals surface area contributed by atoms with E-state index in [1.165, 1.54) is 11.3 Å². The van der Waals surface area contributed by atoms with Gasteiger partial charge in [-0.2, -0.15) is 0 Å². The van der Waals surface area contributed by atoms with Crippen molar-refractivity contribution in [3.8, 4) is 0 Å². The molecular formula is C10H19N3S. The van der Waals surface area contributed by atoms with Crippen LogP contribution in [0.1, 0.15) is 31.2 Å². The van der Waals surface area contributed by atoms with Gasteiger partial charge >= 0.3 is 0 Å². The topological polar surface area (TPSA) is 75.9 Å². The molecule has 0 aliphatic rings. The molecule has 0 aromatic carbocycles. The highest BCUT2D eigenvalue weighted by Crippen LogP contribution is 2.12. The summed E-state index contributed by atoms with van der Waals surface area (Å²) < 4.78 is 0. The minimum absolute atomic E-state index is 0.107. The SMILES string of the molecule is CC(C)C.N=C(N)c1csc(CN)c1. The number of nitrogens with two attached hydrogens (primary N) is 2. The Hall–Kier alpha value is -0.870. The fourth-order valence-electron chi connectivity index (χ4n) is 0.629. The van der Waals surface area contributed by atoms with E-state index in [1.807, 2.05) is 11.4 Å². The lowest BCUT2D eigenvalue weighted by atomic mass is 10.3. The van der Waals surface area contributed by atoms with Crippen LogP contribution in [-0.2, 0) is 6.54 Å². The molecule has 1 aromatic rings. The molecule has 1 aromatic heterocycles. The zero-order chi connectivity index (χ0) is 11.1. The number of thiophene rings is 1. The largest absolute Gasteiger partial charge is 0.384 e. The first kappa shape index (κ1) is 13.1. The van der Waals surface area contributed by atoms with E-state index in [9.17, 15) is 0 Å². The van der Waals surface area contributed by atoms with E-state index in [0.717, 1.165) is 16.4 Å². The van der Waals surface area contributed by atoms with Crippen LogP contribution >= 0.6 is 11.3 Å². The third kappa shape index (κ3) is 5.72. The minimum Gasteiger partial charge on any atom is -0.384 e. The molecule has 0 saturated carbocycles. The van der Waals surface area contributed by atoms with E-state index >= 15 is 0 Å². The maximum atomic E-state index is 7.07. The standard InChI is InChI=1S/C6H9N3S.C4H10/c7-2-5-1-4(3-10-5)6(8)9;1-4(2)3/h1,3H,2,7H2,(H3,8,9);4H,1-3H3. The Bertz CT molecular complexity index is 276. The molecule has 0 aliphatic carbocycles. The number of nitrogens with one attached hydrogen (secondary N) is 1. The summed E-state index contributed by atoms with van der Waals surface area (Å²) in [5.41, 5.74) is 11.4. The third-order valence-electron chi connectivity index (χ3n) is 1.17. The van der Waals surface area contributed by atoms with Crippen LogP contribution in [0.15, 0.2) is 11.4 Å². The summed E-state index contributed by atoms with van der Waals surface area (Å²) in [5, 5.41) is 8.91. The zero-order valence-electron chi connectivity index (χ0n) is 9.00. The Morgan fingerprint density at radius 3 is 2.21 bits per heavy atom. The normalized spacial score (nSPS) is 9.50. The van der Waals surface area contributed by atoms with Crippen LogP contribution in [0.25, 0.3) is 0 Å². The van der Waals surface area contributed by atoms with E-state index in [2.05, 4.69) is 20.8 Å². The number of amidine groups is 1. The third-order valence-corrected chi connectivity index (χ3v) is 2.12. The average molecular weight is 213 g/mol. The van der Waals surface area contributed by atoms with Crippen molar-refractivity contribution >= 4 is 17.2 Å².